The summed E-state index contributed by atoms with van der Waals surface area (Å²) in [6, 6.07) is 4.95. The van der Waals surface area contributed by atoms with E-state index in [1.165, 1.54) is 4.90 Å². The molecule has 17 heavy (non-hydrogen) atoms. The van der Waals surface area contributed by atoms with Gasteiger partial charge in [0.25, 0.3) is 5.91 Å². The summed E-state index contributed by atoms with van der Waals surface area (Å²) in [5, 5.41) is 9.64. The van der Waals surface area contributed by atoms with Gasteiger partial charge in [0, 0.05) is 13.6 Å². The number of rotatable bonds is 4. The van der Waals surface area contributed by atoms with Gasteiger partial charge in [-0.15, -0.1) is 0 Å². The molecule has 4 N–H and O–H groups in total. The minimum Gasteiger partial charge on any atom is -0.389 e. The topological polar surface area (TPSA) is 91.5 Å². The number of nitrogen functional groups attached to an aromatic ring is 1. The first-order chi connectivity index (χ1) is 7.83. The summed E-state index contributed by atoms with van der Waals surface area (Å²) in [6.45, 7) is 3.51. The average molecular weight is 238 g/mol. The second-order valence-electron chi connectivity index (χ2n) is 4.53. The summed E-state index contributed by atoms with van der Waals surface area (Å²) < 4.78 is 0. The van der Waals surface area contributed by atoms with Crippen LogP contribution in [0.2, 0.25) is 0 Å². The van der Waals surface area contributed by atoms with Gasteiger partial charge in [0.05, 0.1) is 5.60 Å². The second kappa shape index (κ2) is 5.11. The highest BCUT2D eigenvalue weighted by Gasteiger charge is 2.21. The normalized spacial score (nSPS) is 11.1. The summed E-state index contributed by atoms with van der Waals surface area (Å²) in [6.07, 6.45) is 0. The maximum atomic E-state index is 12.0. The predicted octanol–water partition coefficient (Wildman–Crippen LogP) is 0.210. The average Bonchev–Trinajstić information content (AvgIpc) is 2.26. The predicted molar refractivity (Wildman–Crippen MR) is 65.3 cm³/mol. The van der Waals surface area contributed by atoms with Crippen molar-refractivity contribution >= 4 is 11.7 Å². The number of aromatic nitrogens is 1. The third-order valence-electron chi connectivity index (χ3n) is 2.09. The zero-order valence-corrected chi connectivity index (χ0v) is 10.3. The number of hydrogen-bond acceptors (Lipinski definition) is 5. The minimum absolute atomic E-state index is 0.230. The maximum Gasteiger partial charge on any atom is 0.272 e. The van der Waals surface area contributed by atoms with Crippen molar-refractivity contribution in [3.8, 4) is 0 Å². The van der Waals surface area contributed by atoms with Gasteiger partial charge in [-0.1, -0.05) is 6.07 Å². The Hall–Kier alpha value is -1.66. The third kappa shape index (κ3) is 4.01. The summed E-state index contributed by atoms with van der Waals surface area (Å²) in [5.41, 5.74) is 1.73. The molecule has 0 aliphatic carbocycles. The Morgan fingerprint density at radius 2 is 2.24 bits per heavy atom. The van der Waals surface area contributed by atoms with Crippen molar-refractivity contribution in [3.63, 3.8) is 0 Å². The molecule has 6 nitrogen and oxygen atoms in total. The summed E-state index contributed by atoms with van der Waals surface area (Å²) >= 11 is 0. The van der Waals surface area contributed by atoms with Crippen LogP contribution in [0.15, 0.2) is 18.2 Å². The fourth-order valence-electron chi connectivity index (χ4n) is 1.48. The fourth-order valence-corrected chi connectivity index (χ4v) is 1.48. The number of amides is 1. The van der Waals surface area contributed by atoms with Crippen molar-refractivity contribution in [2.75, 3.05) is 19.0 Å². The van der Waals surface area contributed by atoms with Crippen LogP contribution in [0.3, 0.4) is 0 Å². The maximum absolute atomic E-state index is 12.0. The van der Waals surface area contributed by atoms with E-state index < -0.39 is 5.60 Å². The Kier molecular flexibility index (Phi) is 4.03. The Bertz CT molecular complexity index is 401. The van der Waals surface area contributed by atoms with Crippen LogP contribution in [0.4, 0.5) is 5.82 Å². The molecule has 0 aromatic carbocycles. The molecule has 1 amide bonds. The molecule has 0 bridgehead atoms. The largest absolute Gasteiger partial charge is 0.389 e. The molecule has 0 fully saturated rings. The highest BCUT2D eigenvalue weighted by Crippen LogP contribution is 2.09. The van der Waals surface area contributed by atoms with Crippen LogP contribution in [0, 0.1) is 0 Å². The number of hydrogen-bond donors (Lipinski definition) is 3. The number of likely N-dealkylation sites (N-methyl/N-ethyl adjacent to an activating group) is 1. The first kappa shape index (κ1) is 13.4. The molecule has 0 saturated carbocycles. The van der Waals surface area contributed by atoms with Gasteiger partial charge >= 0.3 is 0 Å². The van der Waals surface area contributed by atoms with Crippen LogP contribution >= 0.6 is 0 Å². The zero-order chi connectivity index (χ0) is 13.1. The number of nitrogens with zero attached hydrogens (tertiary/aromatic N) is 2. The molecule has 0 unspecified atom stereocenters. The quantitative estimate of drug-likeness (QED) is 0.515. The van der Waals surface area contributed by atoms with E-state index in [-0.39, 0.29) is 18.1 Å². The van der Waals surface area contributed by atoms with E-state index in [1.807, 2.05) is 0 Å². The van der Waals surface area contributed by atoms with Gasteiger partial charge in [-0.25, -0.2) is 10.8 Å². The van der Waals surface area contributed by atoms with Crippen LogP contribution in [-0.4, -0.2) is 40.1 Å². The van der Waals surface area contributed by atoms with Crippen LogP contribution in [0.5, 0.6) is 0 Å². The lowest BCUT2D eigenvalue weighted by molar-refractivity contribution is 0.0365. The number of carbonyl (C=O) groups is 1. The van der Waals surface area contributed by atoms with Crippen molar-refractivity contribution in [2.24, 2.45) is 5.84 Å². The summed E-state index contributed by atoms with van der Waals surface area (Å²) in [7, 11) is 1.62. The number of aliphatic hydroxyl groups is 1. The smallest absolute Gasteiger partial charge is 0.272 e. The molecular formula is C11H18N4O2. The van der Waals surface area contributed by atoms with Gasteiger partial charge in [-0.05, 0) is 26.0 Å². The number of nitrogens with one attached hydrogen (secondary N) is 1. The molecule has 1 heterocycles. The number of nitrogens with two attached hydrogens (primary N) is 1. The van der Waals surface area contributed by atoms with Crippen molar-refractivity contribution in [1.29, 1.82) is 0 Å². The second-order valence-corrected chi connectivity index (χ2v) is 4.53. The van der Waals surface area contributed by atoms with E-state index >= 15 is 0 Å². The van der Waals surface area contributed by atoms with E-state index in [1.54, 1.807) is 39.1 Å². The van der Waals surface area contributed by atoms with Gasteiger partial charge in [-0.2, -0.15) is 0 Å². The van der Waals surface area contributed by atoms with Crippen LogP contribution in [0.25, 0.3) is 0 Å². The number of hydrazine groups is 1. The molecular weight excluding hydrogens is 220 g/mol. The summed E-state index contributed by atoms with van der Waals surface area (Å²) in [4.78, 5) is 17.4. The van der Waals surface area contributed by atoms with Gasteiger partial charge in [0.15, 0.2) is 0 Å². The molecule has 0 saturated heterocycles. The van der Waals surface area contributed by atoms with Crippen molar-refractivity contribution in [2.45, 2.75) is 19.4 Å². The fraction of sp³-hybridized carbons (Fsp3) is 0.455. The molecule has 94 valence electrons. The minimum atomic E-state index is -0.936. The lowest BCUT2D eigenvalue weighted by Crippen LogP contribution is -2.40. The molecule has 1 aromatic heterocycles. The molecule has 0 aliphatic heterocycles. The van der Waals surface area contributed by atoms with Crippen LogP contribution in [-0.2, 0) is 0 Å². The van der Waals surface area contributed by atoms with Crippen molar-refractivity contribution < 1.29 is 9.90 Å². The molecule has 0 radical (unpaired) electrons. The molecule has 0 aliphatic rings. The summed E-state index contributed by atoms with van der Waals surface area (Å²) in [5.74, 6) is 5.38. The Morgan fingerprint density at radius 1 is 1.59 bits per heavy atom. The first-order valence-corrected chi connectivity index (χ1v) is 5.25. The first-order valence-electron chi connectivity index (χ1n) is 5.25. The van der Waals surface area contributed by atoms with Gasteiger partial charge in [0.2, 0.25) is 0 Å². The number of pyridine rings is 1. The Labute approximate surface area is 100 Å². The number of carbonyl (C=O) groups excluding carboxylic acids is 1. The van der Waals surface area contributed by atoms with Gasteiger partial charge in [-0.3, -0.25) is 4.79 Å². The molecule has 1 aromatic rings. The van der Waals surface area contributed by atoms with E-state index in [0.717, 1.165) is 0 Å². The van der Waals surface area contributed by atoms with Gasteiger partial charge in [0.1, 0.15) is 11.5 Å². The van der Waals surface area contributed by atoms with Crippen molar-refractivity contribution in [1.82, 2.24) is 9.88 Å². The lowest BCUT2D eigenvalue weighted by atomic mass is 10.1. The van der Waals surface area contributed by atoms with Crippen molar-refractivity contribution in [3.05, 3.63) is 23.9 Å². The van der Waals surface area contributed by atoms with Crippen LogP contribution in [0.1, 0.15) is 24.3 Å². The Morgan fingerprint density at radius 3 is 2.76 bits per heavy atom. The lowest BCUT2D eigenvalue weighted by Gasteiger charge is -2.25. The standard InChI is InChI=1S/C11H18N4O2/c1-11(2,17)7-15(3)10(16)8-5-4-6-9(13-8)14-12/h4-6,17H,7,12H2,1-3H3,(H,13,14). The third-order valence-corrected chi connectivity index (χ3v) is 2.09. The zero-order valence-electron chi connectivity index (χ0n) is 10.3. The SMILES string of the molecule is CN(CC(C)(C)O)C(=O)c1cccc(NN)n1. The molecule has 0 spiro atoms. The van der Waals surface area contributed by atoms with Gasteiger partial charge < -0.3 is 15.4 Å². The van der Waals surface area contributed by atoms with E-state index in [0.29, 0.717) is 5.82 Å². The molecule has 6 heteroatoms. The highest BCUT2D eigenvalue weighted by molar-refractivity contribution is 5.92. The number of anilines is 1. The van der Waals surface area contributed by atoms with Crippen LogP contribution < -0.4 is 11.3 Å². The highest BCUT2D eigenvalue weighted by atomic mass is 16.3. The Balaban J connectivity index is 2.81. The van der Waals surface area contributed by atoms with E-state index in [4.69, 9.17) is 5.84 Å². The monoisotopic (exact) mass is 238 g/mol. The van der Waals surface area contributed by atoms with E-state index in [2.05, 4.69) is 10.4 Å². The molecule has 0 atom stereocenters. The van der Waals surface area contributed by atoms with E-state index in [9.17, 15) is 9.90 Å². The molecule has 1 rings (SSSR count).